The largest absolute Gasteiger partial charge is 0.487 e. The SMILES string of the molecule is CCN(CC)CCNC(=O)c1cnc2cc(NC(=O)NCCOCCNC(=O)CCOCCOc3cc(C(N)=O)cc(OCCO)c3OCCOC(C)CC(=O)NCCOCCNC(=O)Nc3ccc4nc(C(=O)NCCN(CC)CC)cnc4c3)ccc2n1. The van der Waals surface area contributed by atoms with Gasteiger partial charge in [-0.3, -0.25) is 33.9 Å². The molecule has 1 atom stereocenters. The Morgan fingerprint density at radius 3 is 1.48 bits per heavy atom. The van der Waals surface area contributed by atoms with Crippen LogP contribution in [-0.4, -0.2) is 234 Å². The number of aliphatic hydroxyl groups is 1. The summed E-state index contributed by atoms with van der Waals surface area (Å²) < 4.78 is 40.1. The Morgan fingerprint density at radius 1 is 0.522 bits per heavy atom. The third-order valence-electron chi connectivity index (χ3n) is 13.3. The number of carbonyl (C=O) groups is 7. The molecule has 0 saturated carbocycles. The number of amides is 9. The minimum Gasteiger partial charge on any atom is -0.487 e. The average molecular weight is 1260 g/mol. The predicted octanol–water partition coefficient (Wildman–Crippen LogP) is 2.05. The number of primary amides is 1. The Balaban J connectivity index is 0.895. The molecule has 9 amide bonds. The lowest BCUT2D eigenvalue weighted by atomic mass is 10.1. The molecule has 11 N–H and O–H groups in total. The number of hydrogen-bond donors (Lipinski definition) is 10. The number of likely N-dealkylation sites (N-methyl/N-ethyl adjacent to an activating group) is 2. The van der Waals surface area contributed by atoms with Gasteiger partial charge in [-0.1, -0.05) is 27.7 Å². The van der Waals surface area contributed by atoms with Crippen LogP contribution in [0.2, 0.25) is 0 Å². The van der Waals surface area contributed by atoms with Crippen LogP contribution in [0, 0.1) is 0 Å². The van der Waals surface area contributed by atoms with Gasteiger partial charge in [-0.15, -0.1) is 0 Å². The maximum Gasteiger partial charge on any atom is 0.319 e. The summed E-state index contributed by atoms with van der Waals surface area (Å²) in [6.45, 7) is 17.3. The molecule has 5 rings (SSSR count). The fourth-order valence-corrected chi connectivity index (χ4v) is 8.45. The third-order valence-corrected chi connectivity index (χ3v) is 13.3. The van der Waals surface area contributed by atoms with Gasteiger partial charge in [0.05, 0.1) is 99.8 Å². The number of nitrogens with two attached hydrogens (primary N) is 1. The van der Waals surface area contributed by atoms with E-state index in [1.165, 1.54) is 24.5 Å². The highest BCUT2D eigenvalue weighted by atomic mass is 16.6. The Hall–Kier alpha value is -8.65. The lowest BCUT2D eigenvalue weighted by Gasteiger charge is -2.19. The first kappa shape index (κ1) is 72.1. The molecule has 2 aromatic heterocycles. The number of hydrogen-bond acceptors (Lipinski definition) is 21. The van der Waals surface area contributed by atoms with Crippen LogP contribution >= 0.6 is 0 Å². The maximum atomic E-state index is 12.6. The van der Waals surface area contributed by atoms with Crippen LogP contribution in [0.4, 0.5) is 21.0 Å². The molecular formula is C60H87N15O15. The summed E-state index contributed by atoms with van der Waals surface area (Å²) in [5.74, 6) is -1.64. The smallest absolute Gasteiger partial charge is 0.319 e. The van der Waals surface area contributed by atoms with E-state index in [4.69, 9.17) is 38.9 Å². The molecule has 3 aromatic carbocycles. The Labute approximate surface area is 523 Å². The highest BCUT2D eigenvalue weighted by Gasteiger charge is 2.20. The van der Waals surface area contributed by atoms with Crippen LogP contribution in [-0.2, 0) is 28.5 Å². The molecule has 30 nitrogen and oxygen atoms in total. The molecular weight excluding hydrogens is 1170 g/mol. The molecule has 30 heteroatoms. The summed E-state index contributed by atoms with van der Waals surface area (Å²) in [5.41, 5.74) is 9.05. The molecule has 0 fully saturated rings. The first-order chi connectivity index (χ1) is 43.6. The van der Waals surface area contributed by atoms with Crippen molar-refractivity contribution in [2.24, 2.45) is 5.73 Å². The average Bonchev–Trinajstić information content (AvgIpc) is 1.40. The minimum absolute atomic E-state index is 0.0218. The van der Waals surface area contributed by atoms with Gasteiger partial charge in [0.25, 0.3) is 11.8 Å². The van der Waals surface area contributed by atoms with E-state index in [1.54, 1.807) is 43.3 Å². The first-order valence-electron chi connectivity index (χ1n) is 30.1. The van der Waals surface area contributed by atoms with Crippen molar-refractivity contribution in [3.63, 3.8) is 0 Å². The lowest BCUT2D eigenvalue weighted by molar-refractivity contribution is -0.124. The summed E-state index contributed by atoms with van der Waals surface area (Å²) in [4.78, 5) is 109. The molecule has 0 aliphatic rings. The van der Waals surface area contributed by atoms with E-state index in [1.807, 2.05) is 0 Å². The maximum absolute atomic E-state index is 12.6. The van der Waals surface area contributed by atoms with Gasteiger partial charge in [-0.2, -0.15) is 0 Å². The summed E-state index contributed by atoms with van der Waals surface area (Å²) in [5, 5.41) is 31.6. The number of carbonyl (C=O) groups excluding carboxylic acids is 7. The van der Waals surface area contributed by atoms with Crippen molar-refractivity contribution in [2.45, 2.75) is 53.6 Å². The van der Waals surface area contributed by atoms with Crippen LogP contribution in [0.3, 0.4) is 0 Å². The molecule has 0 aliphatic carbocycles. The quantitative estimate of drug-likeness (QED) is 0.0249. The molecule has 1 unspecified atom stereocenters. The van der Waals surface area contributed by atoms with Crippen molar-refractivity contribution in [2.75, 3.05) is 162 Å². The van der Waals surface area contributed by atoms with Gasteiger partial charge in [0.1, 0.15) is 31.2 Å². The molecule has 0 aliphatic heterocycles. The van der Waals surface area contributed by atoms with Gasteiger partial charge < -0.3 is 96.3 Å². The van der Waals surface area contributed by atoms with Gasteiger partial charge in [-0.05, 0) is 81.6 Å². The van der Waals surface area contributed by atoms with E-state index in [0.717, 1.165) is 39.3 Å². The fourth-order valence-electron chi connectivity index (χ4n) is 8.45. The molecule has 0 saturated heterocycles. The number of benzene rings is 3. The normalized spacial score (nSPS) is 11.5. The van der Waals surface area contributed by atoms with Gasteiger partial charge in [0.2, 0.25) is 23.5 Å². The molecule has 2 heterocycles. The van der Waals surface area contributed by atoms with Crippen LogP contribution in [0.25, 0.3) is 22.1 Å². The van der Waals surface area contributed by atoms with Crippen molar-refractivity contribution in [3.8, 4) is 17.2 Å². The number of ether oxygens (including phenoxy) is 7. The number of aliphatic hydroxyl groups excluding tert-OH is 1. The zero-order chi connectivity index (χ0) is 64.9. The number of nitrogens with one attached hydrogen (secondary N) is 8. The summed E-state index contributed by atoms with van der Waals surface area (Å²) >= 11 is 0. The molecule has 0 spiro atoms. The molecule has 0 radical (unpaired) electrons. The van der Waals surface area contributed by atoms with E-state index >= 15 is 0 Å². The topological polar surface area (TPSA) is 385 Å². The standard InChI is InChI=1S/C60H87N15O15/c1-6-74(7-2)21-15-64-57(80)49-39-68-47-37-43(10-12-45(47)72-49)70-59(82)66-19-27-85-25-17-62-53(77)14-24-84-30-31-89-52-36-42(56(61)79)35-51(88-29-23-76)55(52)90-33-32-87-41(5)34-54(78)63-18-26-86-28-20-67-60(83)71-44-11-13-46-48(38-44)69-40-50(73-46)58(81)65-16-22-75(8-3)9-4/h10-13,35-41,76H,6-9,14-34H2,1-5H3,(H2,61,79)(H,62,77)(H,63,78)(H,64,80)(H,65,81)(H2,66,70,82)(H2,67,71,83). The van der Waals surface area contributed by atoms with Crippen molar-refractivity contribution in [1.29, 1.82) is 0 Å². The third kappa shape index (κ3) is 26.6. The highest BCUT2D eigenvalue weighted by molar-refractivity contribution is 5.97. The second kappa shape index (κ2) is 40.8. The number of anilines is 2. The fraction of sp³-hybridized carbons (Fsp3) is 0.517. The van der Waals surface area contributed by atoms with Crippen molar-refractivity contribution in [3.05, 3.63) is 77.9 Å². The second-order valence-electron chi connectivity index (χ2n) is 19.9. The zero-order valence-electron chi connectivity index (χ0n) is 52.0. The van der Waals surface area contributed by atoms with Crippen molar-refractivity contribution in [1.82, 2.24) is 61.6 Å². The predicted molar refractivity (Wildman–Crippen MR) is 335 cm³/mol. The van der Waals surface area contributed by atoms with Crippen molar-refractivity contribution >= 4 is 75.0 Å². The summed E-state index contributed by atoms with van der Waals surface area (Å²) in [6.07, 6.45) is 2.39. The van der Waals surface area contributed by atoms with Crippen LogP contribution in [0.1, 0.15) is 78.8 Å². The number of rotatable bonds is 44. The molecule has 492 valence electrons. The van der Waals surface area contributed by atoms with E-state index in [9.17, 15) is 38.7 Å². The Bertz CT molecular complexity index is 3080. The van der Waals surface area contributed by atoms with Gasteiger partial charge in [0.15, 0.2) is 11.5 Å². The van der Waals surface area contributed by atoms with E-state index in [0.29, 0.717) is 46.5 Å². The highest BCUT2D eigenvalue weighted by Crippen LogP contribution is 2.39. The molecule has 0 bridgehead atoms. The van der Waals surface area contributed by atoms with Crippen LogP contribution < -0.4 is 62.5 Å². The monoisotopic (exact) mass is 1260 g/mol. The Morgan fingerprint density at radius 2 is 0.989 bits per heavy atom. The minimum atomic E-state index is -0.765. The van der Waals surface area contributed by atoms with Gasteiger partial charge >= 0.3 is 12.1 Å². The van der Waals surface area contributed by atoms with Crippen LogP contribution in [0.15, 0.2) is 60.9 Å². The number of fused-ring (bicyclic) bond motifs is 2. The Kier molecular flexibility index (Phi) is 32.7. The lowest BCUT2D eigenvalue weighted by Crippen LogP contribution is -2.35. The second-order valence-corrected chi connectivity index (χ2v) is 19.9. The van der Waals surface area contributed by atoms with E-state index < -0.39 is 24.1 Å². The number of nitrogens with zero attached hydrogens (tertiary/aromatic N) is 6. The molecule has 5 aromatic rings. The van der Waals surface area contributed by atoms with E-state index in [2.05, 4.69) is 100.0 Å². The summed E-state index contributed by atoms with van der Waals surface area (Å²) in [6, 6.07) is 11.8. The first-order valence-corrected chi connectivity index (χ1v) is 30.1. The van der Waals surface area contributed by atoms with Crippen LogP contribution in [0.5, 0.6) is 17.2 Å². The van der Waals surface area contributed by atoms with Crippen molar-refractivity contribution < 1.29 is 71.8 Å². The molecule has 90 heavy (non-hydrogen) atoms. The summed E-state index contributed by atoms with van der Waals surface area (Å²) in [7, 11) is 0. The zero-order valence-corrected chi connectivity index (χ0v) is 52.0. The van der Waals surface area contributed by atoms with E-state index in [-0.39, 0.29) is 170 Å². The van der Waals surface area contributed by atoms with Gasteiger partial charge in [0, 0.05) is 75.7 Å². The number of aromatic nitrogens is 4. The van der Waals surface area contributed by atoms with Gasteiger partial charge in [-0.25, -0.2) is 19.6 Å². The number of urea groups is 2.